The fourth-order valence-electron chi connectivity index (χ4n) is 7.25. The number of rotatable bonds is 3. The van der Waals surface area contributed by atoms with Crippen LogP contribution in [0, 0.1) is 11.8 Å². The van der Waals surface area contributed by atoms with Crippen LogP contribution in [0.3, 0.4) is 0 Å². The van der Waals surface area contributed by atoms with Gasteiger partial charge < -0.3 is 10.2 Å². The molecule has 4 atom stereocenters. The Morgan fingerprint density at radius 3 is 2.41 bits per heavy atom. The minimum absolute atomic E-state index is 0.325. The molecule has 0 amide bonds. The lowest BCUT2D eigenvalue weighted by molar-refractivity contribution is 0.350. The molecule has 2 aromatic carbocycles. The number of fused-ring (bicyclic) bond motifs is 1. The van der Waals surface area contributed by atoms with Crippen molar-refractivity contribution in [3.63, 3.8) is 0 Å². The van der Waals surface area contributed by atoms with E-state index in [-0.39, 0.29) is 0 Å². The summed E-state index contributed by atoms with van der Waals surface area (Å²) in [7, 11) is 0. The normalized spacial score (nSPS) is 33.2. The van der Waals surface area contributed by atoms with Crippen molar-refractivity contribution in [2.75, 3.05) is 5.75 Å². The Labute approximate surface area is 196 Å². The molecule has 2 aromatic rings. The molecule has 2 nitrogen and oxygen atoms in total. The lowest BCUT2D eigenvalue weighted by atomic mass is 9.72. The van der Waals surface area contributed by atoms with E-state index in [0.717, 1.165) is 5.92 Å². The van der Waals surface area contributed by atoms with Crippen molar-refractivity contribution in [3.8, 4) is 11.5 Å². The lowest BCUT2D eigenvalue weighted by Gasteiger charge is -2.38. The first kappa shape index (κ1) is 20.7. The molecule has 1 saturated heterocycles. The maximum atomic E-state index is 10.5. The van der Waals surface area contributed by atoms with E-state index in [1.165, 1.54) is 92.2 Å². The van der Waals surface area contributed by atoms with E-state index < -0.39 is 0 Å². The van der Waals surface area contributed by atoms with Crippen molar-refractivity contribution in [1.29, 1.82) is 0 Å². The van der Waals surface area contributed by atoms with E-state index >= 15 is 0 Å². The molecule has 0 aromatic heterocycles. The van der Waals surface area contributed by atoms with Crippen LogP contribution >= 0.6 is 11.8 Å². The second kappa shape index (κ2) is 8.17. The second-order valence-corrected chi connectivity index (χ2v) is 12.2. The first-order chi connectivity index (χ1) is 15.6. The summed E-state index contributed by atoms with van der Waals surface area (Å²) in [4.78, 5) is 0. The monoisotopic (exact) mass is 446 g/mol. The van der Waals surface area contributed by atoms with Crippen molar-refractivity contribution in [3.05, 3.63) is 64.7 Å². The van der Waals surface area contributed by atoms with Crippen molar-refractivity contribution in [2.24, 2.45) is 11.8 Å². The minimum atomic E-state index is 0.325. The Morgan fingerprint density at radius 1 is 0.875 bits per heavy atom. The van der Waals surface area contributed by atoms with Crippen LogP contribution in [0.2, 0.25) is 0 Å². The summed E-state index contributed by atoms with van der Waals surface area (Å²) in [5.41, 5.74) is 6.96. The molecule has 0 bridgehead atoms. The van der Waals surface area contributed by atoms with Crippen LogP contribution < -0.4 is 0 Å². The van der Waals surface area contributed by atoms with Crippen LogP contribution in [0.1, 0.15) is 86.8 Å². The van der Waals surface area contributed by atoms with E-state index in [2.05, 4.69) is 36.0 Å². The molecule has 3 saturated carbocycles. The van der Waals surface area contributed by atoms with Gasteiger partial charge in [-0.05, 0) is 128 Å². The Balaban J connectivity index is 1.51. The quantitative estimate of drug-likeness (QED) is 0.509. The first-order valence-electron chi connectivity index (χ1n) is 12.6. The first-order valence-corrected chi connectivity index (χ1v) is 13.6. The van der Waals surface area contributed by atoms with Crippen LogP contribution in [0.4, 0.5) is 0 Å². The number of hydrogen-bond donors (Lipinski definition) is 2. The van der Waals surface area contributed by atoms with Crippen molar-refractivity contribution in [2.45, 2.75) is 74.9 Å². The van der Waals surface area contributed by atoms with Crippen LogP contribution in [-0.4, -0.2) is 20.7 Å². The fraction of sp³-hybridized carbons (Fsp3) is 0.517. The number of aromatic hydroxyl groups is 2. The van der Waals surface area contributed by atoms with Gasteiger partial charge in [0.25, 0.3) is 0 Å². The number of benzene rings is 2. The molecule has 0 radical (unpaired) electrons. The van der Waals surface area contributed by atoms with Gasteiger partial charge in [-0.1, -0.05) is 30.2 Å². The highest BCUT2D eigenvalue weighted by Gasteiger charge is 2.45. The van der Waals surface area contributed by atoms with Crippen molar-refractivity contribution >= 4 is 17.3 Å². The molecule has 168 valence electrons. The summed E-state index contributed by atoms with van der Waals surface area (Å²) in [6.45, 7) is 0. The van der Waals surface area contributed by atoms with Gasteiger partial charge in [0.2, 0.25) is 0 Å². The van der Waals surface area contributed by atoms with Gasteiger partial charge in [0.1, 0.15) is 11.5 Å². The molecule has 4 unspecified atom stereocenters. The zero-order chi connectivity index (χ0) is 21.7. The third-order valence-electron chi connectivity index (χ3n) is 8.88. The summed E-state index contributed by atoms with van der Waals surface area (Å²) in [5, 5.41) is 20.5. The molecule has 4 fully saturated rings. The SMILES string of the molecule is Oc1ccc(C(=C2CCCC3CCCC23)c2ccc(O)cc2C2CCC3(CCS3)C2)cc1. The summed E-state index contributed by atoms with van der Waals surface area (Å²) < 4.78 is 0.501. The van der Waals surface area contributed by atoms with Crippen LogP contribution in [0.5, 0.6) is 11.5 Å². The number of hydrogen-bond acceptors (Lipinski definition) is 3. The van der Waals surface area contributed by atoms with Gasteiger partial charge in [0, 0.05) is 4.75 Å². The molecule has 2 N–H and O–H groups in total. The summed E-state index contributed by atoms with van der Waals surface area (Å²) >= 11 is 2.17. The maximum Gasteiger partial charge on any atom is 0.115 e. The molecule has 4 aliphatic rings. The Bertz CT molecular complexity index is 1030. The summed E-state index contributed by atoms with van der Waals surface area (Å²) in [6, 6.07) is 14.0. The molecule has 1 heterocycles. The number of thioether (sulfide) groups is 1. The zero-order valence-electron chi connectivity index (χ0n) is 18.9. The average Bonchev–Trinajstić information content (AvgIpc) is 3.44. The Morgan fingerprint density at radius 2 is 1.66 bits per heavy atom. The maximum absolute atomic E-state index is 10.5. The predicted octanol–water partition coefficient (Wildman–Crippen LogP) is 7.64. The number of phenolic OH excluding ortho intramolecular Hbond substituents is 2. The van der Waals surface area contributed by atoms with E-state index in [1.54, 1.807) is 5.57 Å². The van der Waals surface area contributed by atoms with Gasteiger partial charge in [-0.25, -0.2) is 0 Å². The second-order valence-electron chi connectivity index (χ2n) is 10.6. The highest BCUT2D eigenvalue weighted by atomic mass is 32.2. The third-order valence-corrected chi connectivity index (χ3v) is 10.5. The van der Waals surface area contributed by atoms with Crippen LogP contribution in [0.25, 0.3) is 5.57 Å². The van der Waals surface area contributed by atoms with Gasteiger partial charge >= 0.3 is 0 Å². The highest BCUT2D eigenvalue weighted by molar-refractivity contribution is 8.02. The number of allylic oxidation sites excluding steroid dienone is 1. The predicted molar refractivity (Wildman–Crippen MR) is 133 cm³/mol. The third kappa shape index (κ3) is 3.57. The van der Waals surface area contributed by atoms with Crippen molar-refractivity contribution in [1.82, 2.24) is 0 Å². The standard InChI is InChI=1S/C29H34O2S/c30-22-9-7-20(8-10-22)28(25-6-2-4-19-3-1-5-24(19)25)26-12-11-23(31)17-27(26)21-13-14-29(18-21)15-16-32-29/h7-12,17,19,21,24,30-31H,1-6,13-16,18H2. The topological polar surface area (TPSA) is 40.5 Å². The largest absolute Gasteiger partial charge is 0.508 e. The average molecular weight is 447 g/mol. The Hall–Kier alpha value is -1.87. The molecular weight excluding hydrogens is 412 g/mol. The van der Waals surface area contributed by atoms with Gasteiger partial charge in [0.05, 0.1) is 0 Å². The lowest BCUT2D eigenvalue weighted by Crippen LogP contribution is -2.31. The van der Waals surface area contributed by atoms with Crippen LogP contribution in [0.15, 0.2) is 48.0 Å². The molecule has 1 spiro atoms. The van der Waals surface area contributed by atoms with Gasteiger partial charge in [0.15, 0.2) is 0 Å². The van der Waals surface area contributed by atoms with Crippen molar-refractivity contribution < 1.29 is 10.2 Å². The van der Waals surface area contributed by atoms with Gasteiger partial charge in [-0.2, -0.15) is 11.8 Å². The summed E-state index contributed by atoms with van der Waals surface area (Å²) in [5.74, 6) is 4.10. The molecule has 1 aliphatic heterocycles. The van der Waals surface area contributed by atoms with E-state index in [1.807, 2.05) is 18.2 Å². The molecule has 3 heteroatoms. The molecular formula is C29H34O2S. The van der Waals surface area contributed by atoms with E-state index in [0.29, 0.717) is 28.1 Å². The van der Waals surface area contributed by atoms with Gasteiger partial charge in [-0.15, -0.1) is 0 Å². The van der Waals surface area contributed by atoms with E-state index in [9.17, 15) is 10.2 Å². The minimum Gasteiger partial charge on any atom is -0.508 e. The zero-order valence-corrected chi connectivity index (χ0v) is 19.7. The molecule has 6 rings (SSSR count). The molecule has 3 aliphatic carbocycles. The smallest absolute Gasteiger partial charge is 0.115 e. The molecule has 32 heavy (non-hydrogen) atoms. The highest BCUT2D eigenvalue weighted by Crippen LogP contribution is 2.58. The van der Waals surface area contributed by atoms with Crippen LogP contribution in [-0.2, 0) is 0 Å². The van der Waals surface area contributed by atoms with E-state index in [4.69, 9.17) is 0 Å². The summed E-state index contributed by atoms with van der Waals surface area (Å²) in [6.07, 6.45) is 13.0. The Kier molecular flexibility index (Phi) is 5.29. The number of phenols is 2. The van der Waals surface area contributed by atoms with Gasteiger partial charge in [-0.3, -0.25) is 0 Å². The fourth-order valence-corrected chi connectivity index (χ4v) is 8.62.